The average Bonchev–Trinajstić information content (AvgIpc) is 2.81. The summed E-state index contributed by atoms with van der Waals surface area (Å²) in [6.07, 6.45) is 0.938. The van der Waals surface area contributed by atoms with E-state index in [0.717, 1.165) is 18.7 Å². The fourth-order valence-electron chi connectivity index (χ4n) is 2.19. The van der Waals surface area contributed by atoms with Crippen molar-refractivity contribution in [1.29, 1.82) is 0 Å². The zero-order chi connectivity index (χ0) is 13.1. The first-order chi connectivity index (χ1) is 8.63. The molecule has 0 unspecified atom stereocenters. The molecule has 2 rings (SSSR count). The minimum Gasteiger partial charge on any atom is -0.359 e. The van der Waals surface area contributed by atoms with Gasteiger partial charge >= 0.3 is 6.03 Å². The molecule has 3 amide bonds. The SMILES string of the molecule is CNC(=O)NC(=O)[C@H](C)N1CCc2ccccc21. The minimum atomic E-state index is -0.473. The molecule has 0 aliphatic carbocycles. The van der Waals surface area contributed by atoms with E-state index in [1.807, 2.05) is 23.1 Å². The molecule has 0 radical (unpaired) electrons. The third kappa shape index (κ3) is 2.30. The van der Waals surface area contributed by atoms with Crippen molar-refractivity contribution in [1.82, 2.24) is 10.6 Å². The number of hydrogen-bond donors (Lipinski definition) is 2. The number of urea groups is 1. The zero-order valence-corrected chi connectivity index (χ0v) is 10.6. The molecule has 18 heavy (non-hydrogen) atoms. The summed E-state index contributed by atoms with van der Waals surface area (Å²) in [4.78, 5) is 25.0. The summed E-state index contributed by atoms with van der Waals surface area (Å²) in [5.74, 6) is -0.286. The number of carbonyl (C=O) groups is 2. The van der Waals surface area contributed by atoms with Crippen LogP contribution in [0.1, 0.15) is 12.5 Å². The molecule has 0 spiro atoms. The van der Waals surface area contributed by atoms with Gasteiger partial charge in [0.25, 0.3) is 0 Å². The maximum absolute atomic E-state index is 11.9. The molecule has 5 nitrogen and oxygen atoms in total. The first kappa shape index (κ1) is 12.4. The van der Waals surface area contributed by atoms with Crippen LogP contribution in [0.4, 0.5) is 10.5 Å². The van der Waals surface area contributed by atoms with Crippen LogP contribution in [-0.2, 0) is 11.2 Å². The van der Waals surface area contributed by atoms with Gasteiger partial charge in [0.05, 0.1) is 0 Å². The van der Waals surface area contributed by atoms with Crippen molar-refractivity contribution in [3.05, 3.63) is 29.8 Å². The minimum absolute atomic E-state index is 0.286. The topological polar surface area (TPSA) is 61.4 Å². The Balaban J connectivity index is 2.09. The molecule has 0 saturated carbocycles. The molecule has 1 aliphatic heterocycles. The molecule has 1 heterocycles. The van der Waals surface area contributed by atoms with Crippen LogP contribution in [0, 0.1) is 0 Å². The van der Waals surface area contributed by atoms with Crippen LogP contribution in [0.3, 0.4) is 0 Å². The van der Waals surface area contributed by atoms with Crippen molar-refractivity contribution in [2.24, 2.45) is 0 Å². The lowest BCUT2D eigenvalue weighted by molar-refractivity contribution is -0.120. The van der Waals surface area contributed by atoms with Crippen LogP contribution in [0.2, 0.25) is 0 Å². The molecule has 96 valence electrons. The number of nitrogens with one attached hydrogen (secondary N) is 2. The highest BCUT2D eigenvalue weighted by Gasteiger charge is 2.27. The van der Waals surface area contributed by atoms with Crippen LogP contribution in [0.5, 0.6) is 0 Å². The number of anilines is 1. The second-order valence-corrected chi connectivity index (χ2v) is 4.32. The van der Waals surface area contributed by atoms with Crippen molar-refractivity contribution in [2.75, 3.05) is 18.5 Å². The Morgan fingerprint density at radius 2 is 2.06 bits per heavy atom. The molecule has 1 atom stereocenters. The monoisotopic (exact) mass is 247 g/mol. The van der Waals surface area contributed by atoms with E-state index in [-0.39, 0.29) is 11.9 Å². The predicted molar refractivity (Wildman–Crippen MR) is 69.6 cm³/mol. The van der Waals surface area contributed by atoms with E-state index >= 15 is 0 Å². The highest BCUT2D eigenvalue weighted by molar-refractivity contribution is 5.98. The summed E-state index contributed by atoms with van der Waals surface area (Å²) in [7, 11) is 1.48. The number of imide groups is 1. The Morgan fingerprint density at radius 1 is 1.33 bits per heavy atom. The van der Waals surface area contributed by atoms with Crippen LogP contribution in [0.25, 0.3) is 0 Å². The molecule has 0 aromatic heterocycles. The lowest BCUT2D eigenvalue weighted by Gasteiger charge is -2.25. The van der Waals surface area contributed by atoms with Gasteiger partial charge in [-0.1, -0.05) is 18.2 Å². The van der Waals surface area contributed by atoms with Crippen LogP contribution in [-0.4, -0.2) is 31.6 Å². The fourth-order valence-corrected chi connectivity index (χ4v) is 2.19. The summed E-state index contributed by atoms with van der Waals surface area (Å²) in [6.45, 7) is 2.61. The molecule has 1 aromatic rings. The number of carbonyl (C=O) groups excluding carboxylic acids is 2. The van der Waals surface area contributed by atoms with Gasteiger partial charge in [-0.25, -0.2) is 4.79 Å². The maximum Gasteiger partial charge on any atom is 0.321 e. The molecule has 0 bridgehead atoms. The first-order valence-electron chi connectivity index (χ1n) is 6.00. The Kier molecular flexibility index (Phi) is 3.50. The fraction of sp³-hybridized carbons (Fsp3) is 0.385. The average molecular weight is 247 g/mol. The van der Waals surface area contributed by atoms with Crippen molar-refractivity contribution in [2.45, 2.75) is 19.4 Å². The number of hydrogen-bond acceptors (Lipinski definition) is 3. The molecule has 5 heteroatoms. The van der Waals surface area contributed by atoms with Gasteiger partial charge in [-0.05, 0) is 25.0 Å². The maximum atomic E-state index is 11.9. The summed E-state index contributed by atoms with van der Waals surface area (Å²) >= 11 is 0. The summed E-state index contributed by atoms with van der Waals surface area (Å²) in [6, 6.07) is 7.20. The molecule has 1 aromatic carbocycles. The van der Waals surface area contributed by atoms with Gasteiger partial charge in [-0.15, -0.1) is 0 Å². The molecule has 0 saturated heterocycles. The quantitative estimate of drug-likeness (QED) is 0.816. The van der Waals surface area contributed by atoms with Gasteiger partial charge in [-0.2, -0.15) is 0 Å². The van der Waals surface area contributed by atoms with Crippen molar-refractivity contribution in [3.8, 4) is 0 Å². The van der Waals surface area contributed by atoms with E-state index in [0.29, 0.717) is 0 Å². The Morgan fingerprint density at radius 3 is 2.78 bits per heavy atom. The smallest absolute Gasteiger partial charge is 0.321 e. The Hall–Kier alpha value is -2.04. The second-order valence-electron chi connectivity index (χ2n) is 4.32. The van der Waals surface area contributed by atoms with Gasteiger partial charge in [0, 0.05) is 19.3 Å². The molecular formula is C13H17N3O2. The van der Waals surface area contributed by atoms with Crippen LogP contribution < -0.4 is 15.5 Å². The molecule has 1 aliphatic rings. The third-order valence-corrected chi connectivity index (χ3v) is 3.23. The van der Waals surface area contributed by atoms with Gasteiger partial charge in [-0.3, -0.25) is 10.1 Å². The number of rotatable bonds is 2. The highest BCUT2D eigenvalue weighted by atomic mass is 16.2. The Labute approximate surface area is 106 Å². The number of fused-ring (bicyclic) bond motifs is 1. The number of nitrogens with zero attached hydrogens (tertiary/aromatic N) is 1. The highest BCUT2D eigenvalue weighted by Crippen LogP contribution is 2.29. The van der Waals surface area contributed by atoms with E-state index in [4.69, 9.17) is 0 Å². The first-order valence-corrected chi connectivity index (χ1v) is 6.00. The van der Waals surface area contributed by atoms with Gasteiger partial charge in [0.1, 0.15) is 6.04 Å². The molecule has 0 fully saturated rings. The van der Waals surface area contributed by atoms with Crippen molar-refractivity contribution in [3.63, 3.8) is 0 Å². The largest absolute Gasteiger partial charge is 0.359 e. The third-order valence-electron chi connectivity index (χ3n) is 3.23. The molecular weight excluding hydrogens is 230 g/mol. The van der Waals surface area contributed by atoms with E-state index < -0.39 is 6.03 Å². The zero-order valence-electron chi connectivity index (χ0n) is 10.6. The molecule has 2 N–H and O–H groups in total. The van der Waals surface area contributed by atoms with Gasteiger partial charge in [0.2, 0.25) is 5.91 Å². The predicted octanol–water partition coefficient (Wildman–Crippen LogP) is 0.893. The van der Waals surface area contributed by atoms with Crippen LogP contribution >= 0.6 is 0 Å². The second kappa shape index (κ2) is 5.08. The standard InChI is InChI=1S/C13H17N3O2/c1-9(12(17)15-13(18)14-2)16-8-7-10-5-3-4-6-11(10)16/h3-6,9H,7-8H2,1-2H3,(H2,14,15,17,18)/t9-/m0/s1. The number of para-hydroxylation sites is 1. The number of benzene rings is 1. The normalized spacial score (nSPS) is 14.9. The lowest BCUT2D eigenvalue weighted by Crippen LogP contribution is -2.48. The van der Waals surface area contributed by atoms with E-state index in [2.05, 4.69) is 16.7 Å². The van der Waals surface area contributed by atoms with E-state index in [1.165, 1.54) is 12.6 Å². The van der Waals surface area contributed by atoms with Crippen molar-refractivity contribution < 1.29 is 9.59 Å². The van der Waals surface area contributed by atoms with Crippen molar-refractivity contribution >= 4 is 17.6 Å². The lowest BCUT2D eigenvalue weighted by atomic mass is 10.2. The Bertz CT molecular complexity index is 473. The van der Waals surface area contributed by atoms with Gasteiger partial charge < -0.3 is 10.2 Å². The number of amides is 3. The summed E-state index contributed by atoms with van der Waals surface area (Å²) in [5.41, 5.74) is 2.33. The van der Waals surface area contributed by atoms with Gasteiger partial charge in [0.15, 0.2) is 0 Å². The summed E-state index contributed by atoms with van der Waals surface area (Å²) in [5, 5.41) is 4.68. The summed E-state index contributed by atoms with van der Waals surface area (Å²) < 4.78 is 0. The van der Waals surface area contributed by atoms with E-state index in [1.54, 1.807) is 6.92 Å². The van der Waals surface area contributed by atoms with E-state index in [9.17, 15) is 9.59 Å². The van der Waals surface area contributed by atoms with Crippen LogP contribution in [0.15, 0.2) is 24.3 Å².